The van der Waals surface area contributed by atoms with E-state index in [1.54, 1.807) is 4.80 Å². The summed E-state index contributed by atoms with van der Waals surface area (Å²) in [5, 5.41) is 23.0. The standard InChI is InChI=1S/C21H28N8S/c1-3-9-17(10-4-1)19-22-26-28(25-19)15-5-2-8-16-30-21-24-23-20(27-13-6-7-14-27)29(21)18-11-12-18/h1,3-4,9-10,18H,2,5-8,11-16H2. The zero-order valence-corrected chi connectivity index (χ0v) is 18.0. The van der Waals surface area contributed by atoms with Gasteiger partial charge < -0.3 is 4.90 Å². The van der Waals surface area contributed by atoms with Crippen LogP contribution in [0, 0.1) is 0 Å². The molecule has 8 nitrogen and oxygen atoms in total. The molecule has 1 aromatic carbocycles. The lowest BCUT2D eigenvalue weighted by Gasteiger charge is -2.17. The van der Waals surface area contributed by atoms with Crippen molar-refractivity contribution in [2.75, 3.05) is 23.7 Å². The van der Waals surface area contributed by atoms with Gasteiger partial charge in [-0.15, -0.1) is 20.4 Å². The Kier molecular flexibility index (Phi) is 5.96. The molecule has 1 aliphatic carbocycles. The third kappa shape index (κ3) is 4.50. The van der Waals surface area contributed by atoms with E-state index in [1.165, 1.54) is 25.7 Å². The molecule has 2 aromatic heterocycles. The molecule has 0 radical (unpaired) electrons. The van der Waals surface area contributed by atoms with Gasteiger partial charge in [0.15, 0.2) is 5.16 Å². The molecule has 0 amide bonds. The summed E-state index contributed by atoms with van der Waals surface area (Å²) in [6, 6.07) is 10.6. The van der Waals surface area contributed by atoms with Crippen LogP contribution in [0.15, 0.2) is 35.5 Å². The maximum absolute atomic E-state index is 4.53. The number of rotatable bonds is 10. The van der Waals surface area contributed by atoms with Gasteiger partial charge in [-0.25, -0.2) is 0 Å². The van der Waals surface area contributed by atoms with Crippen molar-refractivity contribution in [2.45, 2.75) is 62.7 Å². The van der Waals surface area contributed by atoms with Crippen LogP contribution in [0.5, 0.6) is 0 Å². The number of benzene rings is 1. The number of unbranched alkanes of at least 4 members (excludes halogenated alkanes) is 2. The van der Waals surface area contributed by atoms with Gasteiger partial charge in [0.2, 0.25) is 11.8 Å². The monoisotopic (exact) mass is 424 g/mol. The average molecular weight is 425 g/mol. The Hall–Kier alpha value is -2.42. The van der Waals surface area contributed by atoms with Gasteiger partial charge in [-0.05, 0) is 43.7 Å². The molecule has 1 saturated carbocycles. The highest BCUT2D eigenvalue weighted by Crippen LogP contribution is 2.41. The average Bonchev–Trinajstić information content (AvgIpc) is 3.17. The summed E-state index contributed by atoms with van der Waals surface area (Å²) < 4.78 is 2.40. The van der Waals surface area contributed by atoms with Gasteiger partial charge in [0.05, 0.1) is 6.54 Å². The van der Waals surface area contributed by atoms with Gasteiger partial charge in [-0.1, -0.05) is 48.5 Å². The third-order valence-corrected chi connectivity index (χ3v) is 6.70. The van der Waals surface area contributed by atoms with Crippen LogP contribution >= 0.6 is 11.8 Å². The van der Waals surface area contributed by atoms with Gasteiger partial charge in [-0.2, -0.15) is 4.80 Å². The van der Waals surface area contributed by atoms with Crippen molar-refractivity contribution in [3.63, 3.8) is 0 Å². The zero-order valence-electron chi connectivity index (χ0n) is 17.2. The molecule has 0 bridgehead atoms. The molecule has 3 heterocycles. The lowest BCUT2D eigenvalue weighted by molar-refractivity contribution is 0.486. The van der Waals surface area contributed by atoms with Crippen molar-refractivity contribution in [2.24, 2.45) is 0 Å². The Labute approximate surface area is 181 Å². The van der Waals surface area contributed by atoms with Crippen LogP contribution in [0.4, 0.5) is 5.95 Å². The normalized spacial score (nSPS) is 16.5. The molecule has 1 aliphatic heterocycles. The molecule has 0 atom stereocenters. The fourth-order valence-corrected chi connectivity index (χ4v) is 4.89. The summed E-state index contributed by atoms with van der Waals surface area (Å²) in [7, 11) is 0. The molecule has 1 saturated heterocycles. The van der Waals surface area contributed by atoms with Crippen molar-refractivity contribution >= 4 is 17.7 Å². The number of aromatic nitrogens is 7. The van der Waals surface area contributed by atoms with Crippen LogP contribution in [0.2, 0.25) is 0 Å². The lowest BCUT2D eigenvalue weighted by atomic mass is 10.2. The molecule has 0 unspecified atom stereocenters. The predicted molar refractivity (Wildman–Crippen MR) is 118 cm³/mol. The van der Waals surface area contributed by atoms with Crippen LogP contribution in [0.25, 0.3) is 11.4 Å². The van der Waals surface area contributed by atoms with E-state index < -0.39 is 0 Å². The summed E-state index contributed by atoms with van der Waals surface area (Å²) >= 11 is 1.85. The van der Waals surface area contributed by atoms with Crippen LogP contribution < -0.4 is 4.90 Å². The molecule has 3 aromatic rings. The second-order valence-electron chi connectivity index (χ2n) is 8.06. The smallest absolute Gasteiger partial charge is 0.228 e. The highest BCUT2D eigenvalue weighted by molar-refractivity contribution is 7.99. The fraction of sp³-hybridized carbons (Fsp3) is 0.571. The van der Waals surface area contributed by atoms with Crippen LogP contribution in [-0.2, 0) is 6.54 Å². The lowest BCUT2D eigenvalue weighted by Crippen LogP contribution is -2.22. The maximum Gasteiger partial charge on any atom is 0.228 e. The van der Waals surface area contributed by atoms with E-state index >= 15 is 0 Å². The summed E-state index contributed by atoms with van der Waals surface area (Å²) in [5.41, 5.74) is 1.01. The molecular weight excluding hydrogens is 396 g/mol. The van der Waals surface area contributed by atoms with Gasteiger partial charge in [0.1, 0.15) is 0 Å². The number of hydrogen-bond donors (Lipinski definition) is 0. The summed E-state index contributed by atoms with van der Waals surface area (Å²) in [4.78, 5) is 4.12. The Balaban J connectivity index is 1.07. The molecule has 158 valence electrons. The van der Waals surface area contributed by atoms with E-state index in [4.69, 9.17) is 0 Å². The molecule has 0 spiro atoms. The fourth-order valence-electron chi connectivity index (χ4n) is 3.89. The Morgan fingerprint density at radius 3 is 2.57 bits per heavy atom. The van der Waals surface area contributed by atoms with Crippen LogP contribution in [-0.4, -0.2) is 53.8 Å². The quantitative estimate of drug-likeness (QED) is 0.361. The van der Waals surface area contributed by atoms with E-state index in [1.807, 2.05) is 42.1 Å². The second kappa shape index (κ2) is 9.16. The summed E-state index contributed by atoms with van der Waals surface area (Å²) in [6.45, 7) is 3.05. The number of thioether (sulfide) groups is 1. The minimum absolute atomic E-state index is 0.621. The van der Waals surface area contributed by atoms with Crippen molar-refractivity contribution in [1.29, 1.82) is 0 Å². The van der Waals surface area contributed by atoms with Gasteiger partial charge >= 0.3 is 0 Å². The van der Waals surface area contributed by atoms with Crippen molar-refractivity contribution in [3.05, 3.63) is 30.3 Å². The Morgan fingerprint density at radius 1 is 0.933 bits per heavy atom. The minimum atomic E-state index is 0.621. The minimum Gasteiger partial charge on any atom is -0.341 e. The Morgan fingerprint density at radius 2 is 1.77 bits per heavy atom. The van der Waals surface area contributed by atoms with E-state index in [-0.39, 0.29) is 0 Å². The van der Waals surface area contributed by atoms with Crippen molar-refractivity contribution in [3.8, 4) is 11.4 Å². The van der Waals surface area contributed by atoms with E-state index in [2.05, 4.69) is 35.1 Å². The van der Waals surface area contributed by atoms with Crippen LogP contribution in [0.1, 0.15) is 51.0 Å². The van der Waals surface area contributed by atoms with E-state index in [9.17, 15) is 0 Å². The van der Waals surface area contributed by atoms with Crippen molar-refractivity contribution in [1.82, 2.24) is 35.0 Å². The van der Waals surface area contributed by atoms with Gasteiger partial charge in [0.25, 0.3) is 0 Å². The first-order valence-electron chi connectivity index (χ1n) is 11.0. The predicted octanol–water partition coefficient (Wildman–Crippen LogP) is 3.83. The molecule has 2 aliphatic rings. The molecule has 0 N–H and O–H groups in total. The summed E-state index contributed by atoms with van der Waals surface area (Å²) in [6.07, 6.45) is 8.43. The SMILES string of the molecule is c1ccc(-c2nnn(CCCCCSc3nnc(N4CCCC4)n3C3CC3)n2)cc1. The van der Waals surface area contributed by atoms with E-state index in [0.717, 1.165) is 61.3 Å². The molecule has 9 heteroatoms. The number of hydrogen-bond acceptors (Lipinski definition) is 7. The summed E-state index contributed by atoms with van der Waals surface area (Å²) in [5.74, 6) is 2.87. The first kappa shape index (κ1) is 19.5. The molecule has 2 fully saturated rings. The molecule has 30 heavy (non-hydrogen) atoms. The zero-order chi connectivity index (χ0) is 20.2. The number of aryl methyl sites for hydroxylation is 1. The van der Waals surface area contributed by atoms with Gasteiger partial charge in [0, 0.05) is 30.4 Å². The second-order valence-corrected chi connectivity index (χ2v) is 9.12. The number of tetrazole rings is 1. The molecular formula is C21H28N8S. The number of nitrogens with zero attached hydrogens (tertiary/aromatic N) is 8. The van der Waals surface area contributed by atoms with Gasteiger partial charge in [-0.3, -0.25) is 4.57 Å². The highest BCUT2D eigenvalue weighted by Gasteiger charge is 2.32. The number of anilines is 1. The third-order valence-electron chi connectivity index (χ3n) is 5.67. The highest BCUT2D eigenvalue weighted by atomic mass is 32.2. The Bertz CT molecular complexity index is 943. The first-order valence-corrected chi connectivity index (χ1v) is 12.0. The van der Waals surface area contributed by atoms with E-state index in [0.29, 0.717) is 11.9 Å². The maximum atomic E-state index is 4.53. The topological polar surface area (TPSA) is 77.5 Å². The van der Waals surface area contributed by atoms with Crippen LogP contribution in [0.3, 0.4) is 0 Å². The first-order chi connectivity index (χ1) is 14.9. The van der Waals surface area contributed by atoms with Crippen molar-refractivity contribution < 1.29 is 0 Å². The molecule has 5 rings (SSSR count). The largest absolute Gasteiger partial charge is 0.341 e.